The number of rotatable bonds is 9. The first kappa shape index (κ1) is 17.6. The third-order valence-electron chi connectivity index (χ3n) is 3.89. The predicted octanol–water partition coefficient (Wildman–Crippen LogP) is 1.12. The molecular formula is C17H21N3O4S. The molecule has 0 radical (unpaired) electrons. The van der Waals surface area contributed by atoms with Gasteiger partial charge in [-0.1, -0.05) is 18.2 Å². The Kier molecular flexibility index (Phi) is 5.50. The summed E-state index contributed by atoms with van der Waals surface area (Å²) in [5, 5.41) is 4.30. The number of benzene rings is 1. The summed E-state index contributed by atoms with van der Waals surface area (Å²) < 4.78 is 33.1. The second-order valence-electron chi connectivity index (χ2n) is 5.97. The first-order valence-corrected chi connectivity index (χ1v) is 9.92. The number of nitrogens with zero attached hydrogens (tertiary/aromatic N) is 2. The van der Waals surface area contributed by atoms with Gasteiger partial charge in [-0.15, -0.1) is 0 Å². The average molecular weight is 363 g/mol. The first-order chi connectivity index (χ1) is 12.0. The van der Waals surface area contributed by atoms with Gasteiger partial charge in [-0.05, 0) is 31.0 Å². The number of para-hydroxylation sites is 1. The van der Waals surface area contributed by atoms with Crippen LogP contribution in [0.3, 0.4) is 0 Å². The number of hydrogen-bond acceptors (Lipinski definition) is 5. The van der Waals surface area contributed by atoms with Gasteiger partial charge in [0, 0.05) is 18.5 Å². The Morgan fingerprint density at radius 3 is 2.64 bits per heavy atom. The van der Waals surface area contributed by atoms with Crippen LogP contribution in [0.1, 0.15) is 24.5 Å². The van der Waals surface area contributed by atoms with Crippen LogP contribution in [0, 0.1) is 0 Å². The quantitative estimate of drug-likeness (QED) is 0.721. The van der Waals surface area contributed by atoms with Gasteiger partial charge in [0.05, 0.1) is 18.0 Å². The third-order valence-corrected chi connectivity index (χ3v) is 5.24. The van der Waals surface area contributed by atoms with E-state index in [2.05, 4.69) is 9.82 Å². The molecule has 134 valence electrons. The van der Waals surface area contributed by atoms with Crippen molar-refractivity contribution < 1.29 is 13.2 Å². The molecule has 8 heteroatoms. The normalized spacial score (nSPS) is 14.4. The van der Waals surface area contributed by atoms with Gasteiger partial charge < -0.3 is 4.74 Å². The Morgan fingerprint density at radius 1 is 1.16 bits per heavy atom. The van der Waals surface area contributed by atoms with Crippen LogP contribution in [0.25, 0.3) is 0 Å². The Hall–Kier alpha value is -2.19. The molecule has 0 unspecified atom stereocenters. The van der Waals surface area contributed by atoms with E-state index in [0.29, 0.717) is 11.7 Å². The topological polar surface area (TPSA) is 90.3 Å². The zero-order chi connectivity index (χ0) is 17.7. The molecule has 0 amide bonds. The lowest BCUT2D eigenvalue weighted by molar-refractivity contribution is 0.340. The third kappa shape index (κ3) is 5.40. The molecule has 1 aliphatic rings. The Labute approximate surface area is 146 Å². The highest BCUT2D eigenvalue weighted by atomic mass is 32.2. The highest BCUT2D eigenvalue weighted by Crippen LogP contribution is 2.38. The van der Waals surface area contributed by atoms with Crippen molar-refractivity contribution in [2.24, 2.45) is 0 Å². The standard InChI is InChI=1S/C17H21N3O4S/c21-17-9-8-16(14-6-7-14)19-20(17)11-10-18-25(22,23)13-12-24-15-4-2-1-3-5-15/h1-5,8-9,14,18H,6-7,10-13H2. The molecule has 1 fully saturated rings. The van der Waals surface area contributed by atoms with Gasteiger partial charge in [0.25, 0.3) is 5.56 Å². The molecule has 3 rings (SSSR count). The second kappa shape index (κ2) is 7.79. The van der Waals surface area contributed by atoms with Gasteiger partial charge in [-0.25, -0.2) is 17.8 Å². The van der Waals surface area contributed by atoms with E-state index in [1.807, 2.05) is 18.2 Å². The lowest BCUT2D eigenvalue weighted by atomic mass is 10.3. The molecule has 0 saturated heterocycles. The summed E-state index contributed by atoms with van der Waals surface area (Å²) in [4.78, 5) is 11.8. The van der Waals surface area contributed by atoms with E-state index in [-0.39, 0.29) is 31.0 Å². The lowest BCUT2D eigenvalue weighted by Crippen LogP contribution is -2.34. The fourth-order valence-corrected chi connectivity index (χ4v) is 3.24. The van der Waals surface area contributed by atoms with Crippen LogP contribution in [-0.4, -0.2) is 37.1 Å². The summed E-state index contributed by atoms with van der Waals surface area (Å²) in [6.07, 6.45) is 2.19. The molecule has 0 aliphatic heterocycles. The molecular weight excluding hydrogens is 342 g/mol. The van der Waals surface area contributed by atoms with E-state index in [1.165, 1.54) is 10.7 Å². The SMILES string of the molecule is O=c1ccc(C2CC2)nn1CCNS(=O)(=O)CCOc1ccccc1. The number of sulfonamides is 1. The maximum Gasteiger partial charge on any atom is 0.266 e. The minimum absolute atomic E-state index is 0.0642. The summed E-state index contributed by atoms with van der Waals surface area (Å²) in [6, 6.07) is 12.3. The molecule has 1 N–H and O–H groups in total. The maximum absolute atomic E-state index is 12.0. The fraction of sp³-hybridized carbons (Fsp3) is 0.412. The molecule has 1 saturated carbocycles. The van der Waals surface area contributed by atoms with Crippen LogP contribution in [0.2, 0.25) is 0 Å². The molecule has 1 aromatic carbocycles. The second-order valence-corrected chi connectivity index (χ2v) is 7.89. The van der Waals surface area contributed by atoms with Crippen molar-refractivity contribution in [1.82, 2.24) is 14.5 Å². The smallest absolute Gasteiger partial charge is 0.266 e. The minimum atomic E-state index is -3.47. The van der Waals surface area contributed by atoms with Gasteiger partial charge in [0.2, 0.25) is 10.0 Å². The molecule has 1 aliphatic carbocycles. The minimum Gasteiger partial charge on any atom is -0.492 e. The van der Waals surface area contributed by atoms with Gasteiger partial charge in [-0.3, -0.25) is 4.79 Å². The zero-order valence-corrected chi connectivity index (χ0v) is 14.6. The molecule has 0 spiro atoms. The Morgan fingerprint density at radius 2 is 1.92 bits per heavy atom. The number of aromatic nitrogens is 2. The van der Waals surface area contributed by atoms with Crippen molar-refractivity contribution in [3.05, 3.63) is 58.5 Å². The molecule has 7 nitrogen and oxygen atoms in total. The van der Waals surface area contributed by atoms with Crippen LogP contribution >= 0.6 is 0 Å². The predicted molar refractivity (Wildman–Crippen MR) is 94.2 cm³/mol. The van der Waals surface area contributed by atoms with Crippen molar-refractivity contribution in [3.63, 3.8) is 0 Å². The summed E-state index contributed by atoms with van der Waals surface area (Å²) in [6.45, 7) is 0.390. The van der Waals surface area contributed by atoms with E-state index in [1.54, 1.807) is 18.2 Å². The average Bonchev–Trinajstić information content (AvgIpc) is 3.42. The number of ether oxygens (including phenoxy) is 1. The molecule has 1 heterocycles. The highest BCUT2D eigenvalue weighted by molar-refractivity contribution is 7.89. The van der Waals surface area contributed by atoms with Crippen molar-refractivity contribution >= 4 is 10.0 Å². The summed E-state index contributed by atoms with van der Waals surface area (Å²) in [5.74, 6) is 0.927. The largest absolute Gasteiger partial charge is 0.492 e. The molecule has 2 aromatic rings. The van der Waals surface area contributed by atoms with Gasteiger partial charge in [-0.2, -0.15) is 5.10 Å². The van der Waals surface area contributed by atoms with E-state index >= 15 is 0 Å². The van der Waals surface area contributed by atoms with Crippen molar-refractivity contribution in [1.29, 1.82) is 0 Å². The van der Waals surface area contributed by atoms with Gasteiger partial charge >= 0.3 is 0 Å². The summed E-state index contributed by atoms with van der Waals surface area (Å²) in [5.41, 5.74) is 0.676. The monoisotopic (exact) mass is 363 g/mol. The van der Waals surface area contributed by atoms with E-state index in [4.69, 9.17) is 4.74 Å². The lowest BCUT2D eigenvalue weighted by Gasteiger charge is -2.09. The summed E-state index contributed by atoms with van der Waals surface area (Å²) >= 11 is 0. The van der Waals surface area contributed by atoms with E-state index in [9.17, 15) is 13.2 Å². The first-order valence-electron chi connectivity index (χ1n) is 8.27. The molecule has 0 bridgehead atoms. The zero-order valence-electron chi connectivity index (χ0n) is 13.8. The Balaban J connectivity index is 1.46. The van der Waals surface area contributed by atoms with Gasteiger partial charge in [0.15, 0.2) is 0 Å². The molecule has 25 heavy (non-hydrogen) atoms. The van der Waals surface area contributed by atoms with Crippen molar-refractivity contribution in [2.45, 2.75) is 25.3 Å². The molecule has 1 aromatic heterocycles. The van der Waals surface area contributed by atoms with E-state index in [0.717, 1.165) is 18.5 Å². The molecule has 0 atom stereocenters. The van der Waals surface area contributed by atoms with Crippen molar-refractivity contribution in [2.75, 3.05) is 18.9 Å². The fourth-order valence-electron chi connectivity index (χ4n) is 2.39. The van der Waals surface area contributed by atoms with Gasteiger partial charge in [0.1, 0.15) is 12.4 Å². The highest BCUT2D eigenvalue weighted by Gasteiger charge is 2.25. The van der Waals surface area contributed by atoms with Crippen LogP contribution in [-0.2, 0) is 16.6 Å². The Bertz CT molecular complexity index is 861. The van der Waals surface area contributed by atoms with Crippen LogP contribution in [0.5, 0.6) is 5.75 Å². The van der Waals surface area contributed by atoms with Crippen LogP contribution in [0.15, 0.2) is 47.3 Å². The van der Waals surface area contributed by atoms with E-state index < -0.39 is 10.0 Å². The van der Waals surface area contributed by atoms with Crippen molar-refractivity contribution in [3.8, 4) is 5.75 Å². The van der Waals surface area contributed by atoms with Crippen LogP contribution in [0.4, 0.5) is 0 Å². The summed E-state index contributed by atoms with van der Waals surface area (Å²) in [7, 11) is -3.47. The number of hydrogen-bond donors (Lipinski definition) is 1. The van der Waals surface area contributed by atoms with Crippen LogP contribution < -0.4 is 15.0 Å². The maximum atomic E-state index is 12.0. The number of nitrogens with one attached hydrogen (secondary N) is 1.